The Kier molecular flexibility index (Phi) is 7.61. The number of allylic oxidation sites excluding steroid dienone is 2. The lowest BCUT2D eigenvalue weighted by Gasteiger charge is -2.23. The first kappa shape index (κ1) is 24.8. The van der Waals surface area contributed by atoms with Crippen molar-refractivity contribution in [2.24, 2.45) is 5.92 Å². The molecule has 0 bridgehead atoms. The number of rotatable bonds is 9. The molecule has 0 N–H and O–H groups in total. The summed E-state index contributed by atoms with van der Waals surface area (Å²) in [5.41, 5.74) is 12.7. The highest BCUT2D eigenvalue weighted by Crippen LogP contribution is 2.46. The zero-order chi connectivity index (χ0) is 25.1. The molecule has 0 nitrogen and oxygen atoms in total. The Morgan fingerprint density at radius 2 is 1.64 bits per heavy atom. The fourth-order valence-electron chi connectivity index (χ4n) is 7.03. The summed E-state index contributed by atoms with van der Waals surface area (Å²) in [5.74, 6) is 2.01. The molecule has 2 unspecified atom stereocenters. The minimum Gasteiger partial charge on any atom is -0.0998 e. The number of hydrogen-bond donors (Lipinski definition) is 0. The fraction of sp³-hybridized carbons (Fsp3) is 0.389. The van der Waals surface area contributed by atoms with Gasteiger partial charge in [0.25, 0.3) is 0 Å². The Hall–Kier alpha value is -2.86. The minimum atomic E-state index is 0.564. The van der Waals surface area contributed by atoms with Crippen molar-refractivity contribution < 1.29 is 0 Å². The maximum absolute atomic E-state index is 4.48. The van der Waals surface area contributed by atoms with Crippen molar-refractivity contribution in [1.82, 2.24) is 0 Å². The summed E-state index contributed by atoms with van der Waals surface area (Å²) >= 11 is 0. The van der Waals surface area contributed by atoms with Gasteiger partial charge in [0, 0.05) is 0 Å². The van der Waals surface area contributed by atoms with Gasteiger partial charge in [-0.2, -0.15) is 0 Å². The van der Waals surface area contributed by atoms with Crippen LogP contribution in [0.15, 0.2) is 85.5 Å². The van der Waals surface area contributed by atoms with Crippen LogP contribution in [0.3, 0.4) is 0 Å². The highest BCUT2D eigenvalue weighted by molar-refractivity contribution is 5.71. The van der Waals surface area contributed by atoms with E-state index in [1.165, 1.54) is 78.3 Å². The van der Waals surface area contributed by atoms with Crippen molar-refractivity contribution in [1.29, 1.82) is 0 Å². The van der Waals surface area contributed by atoms with Crippen molar-refractivity contribution >= 4 is 5.57 Å². The Morgan fingerprint density at radius 1 is 0.889 bits per heavy atom. The molecular formula is C36H42. The smallest absolute Gasteiger partial charge is 0.00724 e. The van der Waals surface area contributed by atoms with Crippen LogP contribution in [0.5, 0.6) is 0 Å². The van der Waals surface area contributed by atoms with Crippen LogP contribution in [0.4, 0.5) is 0 Å². The third-order valence-electron chi connectivity index (χ3n) is 8.65. The number of fused-ring (bicyclic) bond motifs is 1. The second kappa shape index (κ2) is 11.0. The first-order valence-electron chi connectivity index (χ1n) is 14.2. The number of benzene rings is 3. The molecule has 3 aromatic rings. The van der Waals surface area contributed by atoms with Gasteiger partial charge >= 0.3 is 0 Å². The molecule has 0 aromatic heterocycles. The molecular weight excluding hydrogens is 432 g/mol. The Labute approximate surface area is 219 Å². The van der Waals surface area contributed by atoms with Crippen LogP contribution in [0.25, 0.3) is 16.7 Å². The third-order valence-corrected chi connectivity index (χ3v) is 8.65. The van der Waals surface area contributed by atoms with Gasteiger partial charge in [0.15, 0.2) is 0 Å². The first-order valence-corrected chi connectivity index (χ1v) is 14.2. The Balaban J connectivity index is 1.43. The molecule has 1 fully saturated rings. The van der Waals surface area contributed by atoms with E-state index in [0.717, 1.165) is 18.8 Å². The van der Waals surface area contributed by atoms with E-state index in [9.17, 15) is 0 Å². The molecule has 5 rings (SSSR count). The lowest BCUT2D eigenvalue weighted by atomic mass is 9.81. The standard InChI is InChI=1S/C36H42/c1-5-11-30-24-31-14-10-17-32(26(4)22-25(2)3)36(31)35(30)23-27-18-20-29(21-19-27)34-16-9-8-15-33(34)28-12-6-7-13-28/h8-10,14-21,28,30,35H,2,4-7,11-13,22-24H2,1,3H3. The predicted molar refractivity (Wildman–Crippen MR) is 157 cm³/mol. The molecule has 0 aliphatic heterocycles. The summed E-state index contributed by atoms with van der Waals surface area (Å²) in [5, 5.41) is 0. The Morgan fingerprint density at radius 3 is 2.36 bits per heavy atom. The van der Waals surface area contributed by atoms with Gasteiger partial charge in [0.05, 0.1) is 0 Å². The normalized spacial score (nSPS) is 19.4. The molecule has 3 aromatic carbocycles. The lowest BCUT2D eigenvalue weighted by molar-refractivity contribution is 0.418. The molecule has 2 atom stereocenters. The van der Waals surface area contributed by atoms with Gasteiger partial charge < -0.3 is 0 Å². The summed E-state index contributed by atoms with van der Waals surface area (Å²) in [6.45, 7) is 13.1. The van der Waals surface area contributed by atoms with E-state index in [0.29, 0.717) is 11.8 Å². The van der Waals surface area contributed by atoms with Crippen molar-refractivity contribution in [2.75, 3.05) is 0 Å². The summed E-state index contributed by atoms with van der Waals surface area (Å²) in [7, 11) is 0. The predicted octanol–water partition coefficient (Wildman–Crippen LogP) is 10.3. The van der Waals surface area contributed by atoms with Crippen LogP contribution < -0.4 is 0 Å². The molecule has 0 heteroatoms. The number of hydrogen-bond acceptors (Lipinski definition) is 0. The van der Waals surface area contributed by atoms with E-state index in [-0.39, 0.29) is 0 Å². The van der Waals surface area contributed by atoms with Crippen LogP contribution in [-0.2, 0) is 12.8 Å². The summed E-state index contributed by atoms with van der Waals surface area (Å²) in [6, 6.07) is 25.5. The van der Waals surface area contributed by atoms with Crippen molar-refractivity contribution in [3.8, 4) is 11.1 Å². The zero-order valence-electron chi connectivity index (χ0n) is 22.4. The van der Waals surface area contributed by atoms with E-state index < -0.39 is 0 Å². The maximum atomic E-state index is 4.48. The van der Waals surface area contributed by atoms with Crippen molar-refractivity contribution in [2.45, 2.75) is 83.5 Å². The fourth-order valence-corrected chi connectivity index (χ4v) is 7.03. The molecule has 186 valence electrons. The molecule has 36 heavy (non-hydrogen) atoms. The SMILES string of the molecule is C=C(C)CC(=C)c1cccc2c1C(Cc1ccc(-c3ccccc3C3CCCC3)cc1)C(CCC)C2. The first-order chi connectivity index (χ1) is 17.5. The molecule has 1 saturated carbocycles. The summed E-state index contributed by atoms with van der Waals surface area (Å²) in [4.78, 5) is 0. The van der Waals surface area contributed by atoms with Gasteiger partial charge in [-0.05, 0) is 108 Å². The van der Waals surface area contributed by atoms with Gasteiger partial charge in [-0.25, -0.2) is 0 Å². The van der Waals surface area contributed by atoms with Crippen LogP contribution in [0.2, 0.25) is 0 Å². The monoisotopic (exact) mass is 474 g/mol. The van der Waals surface area contributed by atoms with Crippen molar-refractivity contribution in [3.63, 3.8) is 0 Å². The lowest BCUT2D eigenvalue weighted by Crippen LogP contribution is -2.12. The van der Waals surface area contributed by atoms with Crippen LogP contribution in [0, 0.1) is 5.92 Å². The maximum Gasteiger partial charge on any atom is -0.00724 e. The van der Waals surface area contributed by atoms with Gasteiger partial charge in [0.1, 0.15) is 0 Å². The zero-order valence-corrected chi connectivity index (χ0v) is 22.4. The van der Waals surface area contributed by atoms with Gasteiger partial charge in [-0.1, -0.05) is 112 Å². The topological polar surface area (TPSA) is 0 Å². The quantitative estimate of drug-likeness (QED) is 0.271. The average molecular weight is 475 g/mol. The van der Waals surface area contributed by atoms with Crippen LogP contribution >= 0.6 is 0 Å². The highest BCUT2D eigenvalue weighted by Gasteiger charge is 2.34. The highest BCUT2D eigenvalue weighted by atomic mass is 14.4. The van der Waals surface area contributed by atoms with E-state index in [1.54, 1.807) is 16.7 Å². The largest absolute Gasteiger partial charge is 0.0998 e. The van der Waals surface area contributed by atoms with E-state index >= 15 is 0 Å². The molecule has 2 aliphatic rings. The molecule has 0 radical (unpaired) electrons. The van der Waals surface area contributed by atoms with E-state index in [4.69, 9.17) is 0 Å². The van der Waals surface area contributed by atoms with E-state index in [2.05, 4.69) is 93.7 Å². The minimum absolute atomic E-state index is 0.564. The molecule has 0 saturated heterocycles. The third kappa shape index (κ3) is 5.15. The summed E-state index contributed by atoms with van der Waals surface area (Å²) < 4.78 is 0. The summed E-state index contributed by atoms with van der Waals surface area (Å²) in [6.07, 6.45) is 11.2. The molecule has 0 spiro atoms. The van der Waals surface area contributed by atoms with Crippen LogP contribution in [-0.4, -0.2) is 0 Å². The second-order valence-corrected chi connectivity index (χ2v) is 11.4. The van der Waals surface area contributed by atoms with E-state index in [1.807, 2.05) is 0 Å². The van der Waals surface area contributed by atoms with Gasteiger partial charge in [-0.15, -0.1) is 0 Å². The molecule has 0 amide bonds. The molecule has 2 aliphatic carbocycles. The Bertz CT molecular complexity index is 1220. The molecule has 0 heterocycles. The van der Waals surface area contributed by atoms with Crippen molar-refractivity contribution in [3.05, 3.63) is 113 Å². The average Bonchev–Trinajstić information content (AvgIpc) is 3.53. The van der Waals surface area contributed by atoms with Gasteiger partial charge in [-0.3, -0.25) is 0 Å². The second-order valence-electron chi connectivity index (χ2n) is 11.4. The van der Waals surface area contributed by atoms with Crippen LogP contribution in [0.1, 0.15) is 98.4 Å². The van der Waals surface area contributed by atoms with Gasteiger partial charge in [0.2, 0.25) is 0 Å².